The van der Waals surface area contributed by atoms with Gasteiger partial charge in [-0.3, -0.25) is 9.59 Å². The van der Waals surface area contributed by atoms with E-state index in [0.717, 1.165) is 0 Å². The van der Waals surface area contributed by atoms with E-state index in [-0.39, 0.29) is 18.4 Å². The highest BCUT2D eigenvalue weighted by Gasteiger charge is 2.27. The van der Waals surface area contributed by atoms with Gasteiger partial charge in [-0.15, -0.1) is 0 Å². The normalized spacial score (nSPS) is 17.4. The summed E-state index contributed by atoms with van der Waals surface area (Å²) in [6, 6.07) is 7.23. The number of para-hydroxylation sites is 2. The summed E-state index contributed by atoms with van der Waals surface area (Å²) in [6.07, 6.45) is -0.226. The highest BCUT2D eigenvalue weighted by molar-refractivity contribution is 5.98. The average molecular weight is 262 g/mol. The molecule has 0 saturated heterocycles. The van der Waals surface area contributed by atoms with E-state index < -0.39 is 6.10 Å². The summed E-state index contributed by atoms with van der Waals surface area (Å²) in [5, 5.41) is 5.48. The van der Waals surface area contributed by atoms with E-state index in [0.29, 0.717) is 23.8 Å². The number of hydrogen-bond donors (Lipinski definition) is 2. The zero-order valence-corrected chi connectivity index (χ0v) is 11.1. The van der Waals surface area contributed by atoms with E-state index in [4.69, 9.17) is 4.74 Å². The number of hydrogen-bond acceptors (Lipinski definition) is 3. The third-order valence-corrected chi connectivity index (χ3v) is 2.78. The second-order valence-corrected chi connectivity index (χ2v) is 4.99. The highest BCUT2D eigenvalue weighted by Crippen LogP contribution is 2.28. The monoisotopic (exact) mass is 262 g/mol. The summed E-state index contributed by atoms with van der Waals surface area (Å²) in [5.41, 5.74) is 0.664. The number of carbonyl (C=O) groups excluding carboxylic acids is 2. The van der Waals surface area contributed by atoms with Crippen LogP contribution in [0.25, 0.3) is 0 Å². The molecule has 0 aliphatic carbocycles. The van der Waals surface area contributed by atoms with Crippen LogP contribution in [0, 0.1) is 5.92 Å². The quantitative estimate of drug-likeness (QED) is 0.865. The average Bonchev–Trinajstić information content (AvgIpc) is 2.35. The van der Waals surface area contributed by atoms with Gasteiger partial charge in [0.2, 0.25) is 5.91 Å². The molecule has 2 rings (SSSR count). The summed E-state index contributed by atoms with van der Waals surface area (Å²) >= 11 is 0. The zero-order valence-electron chi connectivity index (χ0n) is 11.1. The Balaban J connectivity index is 1.92. The Hall–Kier alpha value is -2.04. The molecule has 5 nitrogen and oxygen atoms in total. The lowest BCUT2D eigenvalue weighted by molar-refractivity contribution is -0.125. The van der Waals surface area contributed by atoms with E-state index in [1.807, 2.05) is 26.0 Å². The minimum Gasteiger partial charge on any atom is -0.477 e. The predicted octanol–water partition coefficient (Wildman–Crippen LogP) is 1.55. The first-order valence-corrected chi connectivity index (χ1v) is 6.39. The highest BCUT2D eigenvalue weighted by atomic mass is 16.5. The van der Waals surface area contributed by atoms with E-state index in [2.05, 4.69) is 10.6 Å². The van der Waals surface area contributed by atoms with Crippen LogP contribution in [0.1, 0.15) is 20.3 Å². The summed E-state index contributed by atoms with van der Waals surface area (Å²) in [4.78, 5) is 23.4. The van der Waals surface area contributed by atoms with Crippen molar-refractivity contribution in [2.24, 2.45) is 5.92 Å². The number of fused-ring (bicyclic) bond motifs is 1. The van der Waals surface area contributed by atoms with Crippen LogP contribution in [0.2, 0.25) is 0 Å². The molecule has 19 heavy (non-hydrogen) atoms. The van der Waals surface area contributed by atoms with E-state index >= 15 is 0 Å². The lowest BCUT2D eigenvalue weighted by atomic mass is 10.1. The molecule has 1 aliphatic heterocycles. The number of ether oxygens (including phenoxy) is 1. The van der Waals surface area contributed by atoms with Crippen LogP contribution < -0.4 is 15.4 Å². The largest absolute Gasteiger partial charge is 0.477 e. The van der Waals surface area contributed by atoms with Gasteiger partial charge >= 0.3 is 0 Å². The van der Waals surface area contributed by atoms with Gasteiger partial charge in [-0.1, -0.05) is 26.0 Å². The standard InChI is InChI=1S/C14H18N2O3/c1-9(2)7-13(17)15-8-12-14(18)16-10-5-3-4-6-11(10)19-12/h3-6,9,12H,7-8H2,1-2H3,(H,15,17)(H,16,18). The number of rotatable bonds is 4. The van der Waals surface area contributed by atoms with Crippen molar-refractivity contribution in [3.63, 3.8) is 0 Å². The second-order valence-electron chi connectivity index (χ2n) is 4.99. The molecule has 0 saturated carbocycles. The molecule has 1 aromatic carbocycles. The molecule has 0 radical (unpaired) electrons. The van der Waals surface area contributed by atoms with Crippen molar-refractivity contribution in [1.82, 2.24) is 5.32 Å². The lowest BCUT2D eigenvalue weighted by Gasteiger charge is -2.25. The Kier molecular flexibility index (Phi) is 4.04. The maximum absolute atomic E-state index is 11.8. The van der Waals surface area contributed by atoms with Gasteiger partial charge in [0.25, 0.3) is 5.91 Å². The van der Waals surface area contributed by atoms with Crippen LogP contribution in [0.3, 0.4) is 0 Å². The van der Waals surface area contributed by atoms with Crippen molar-refractivity contribution in [2.75, 3.05) is 11.9 Å². The minimum absolute atomic E-state index is 0.0646. The molecule has 2 N–H and O–H groups in total. The summed E-state index contributed by atoms with van der Waals surface area (Å²) < 4.78 is 5.57. The first-order chi connectivity index (χ1) is 9.06. The van der Waals surface area contributed by atoms with Crippen molar-refractivity contribution >= 4 is 17.5 Å². The number of nitrogens with one attached hydrogen (secondary N) is 2. The van der Waals surface area contributed by atoms with E-state index in [1.54, 1.807) is 12.1 Å². The van der Waals surface area contributed by atoms with Crippen molar-refractivity contribution in [1.29, 1.82) is 0 Å². The Bertz CT molecular complexity index is 485. The molecule has 0 bridgehead atoms. The molecule has 1 aromatic rings. The maximum atomic E-state index is 11.8. The second kappa shape index (κ2) is 5.73. The molecule has 0 fully saturated rings. The predicted molar refractivity (Wildman–Crippen MR) is 72.0 cm³/mol. The molecule has 1 heterocycles. The summed E-state index contributed by atoms with van der Waals surface area (Å²) in [6.45, 7) is 4.13. The van der Waals surface area contributed by atoms with Crippen LogP contribution in [0.15, 0.2) is 24.3 Å². The molecular formula is C14H18N2O3. The molecular weight excluding hydrogens is 244 g/mol. The topological polar surface area (TPSA) is 67.4 Å². The van der Waals surface area contributed by atoms with Crippen LogP contribution in [-0.4, -0.2) is 24.5 Å². The van der Waals surface area contributed by atoms with Gasteiger partial charge in [0.05, 0.1) is 12.2 Å². The summed E-state index contributed by atoms with van der Waals surface area (Å²) in [5.74, 6) is 0.626. The first kappa shape index (κ1) is 13.4. The van der Waals surface area contributed by atoms with Crippen molar-refractivity contribution in [3.05, 3.63) is 24.3 Å². The number of carbonyl (C=O) groups is 2. The number of benzene rings is 1. The molecule has 1 unspecified atom stereocenters. The zero-order chi connectivity index (χ0) is 13.8. The molecule has 0 spiro atoms. The van der Waals surface area contributed by atoms with Gasteiger partial charge in [-0.2, -0.15) is 0 Å². The van der Waals surface area contributed by atoms with Gasteiger partial charge in [-0.25, -0.2) is 0 Å². The number of anilines is 1. The smallest absolute Gasteiger partial charge is 0.267 e. The molecule has 0 aromatic heterocycles. The Morgan fingerprint density at radius 1 is 1.42 bits per heavy atom. The SMILES string of the molecule is CC(C)CC(=O)NCC1Oc2ccccc2NC1=O. The van der Waals surface area contributed by atoms with Crippen molar-refractivity contribution < 1.29 is 14.3 Å². The van der Waals surface area contributed by atoms with Crippen LogP contribution in [0.4, 0.5) is 5.69 Å². The molecule has 2 amide bonds. The fourth-order valence-electron chi connectivity index (χ4n) is 1.88. The van der Waals surface area contributed by atoms with E-state index in [9.17, 15) is 9.59 Å². The van der Waals surface area contributed by atoms with Crippen LogP contribution in [0.5, 0.6) is 5.75 Å². The van der Waals surface area contributed by atoms with Gasteiger partial charge in [0.15, 0.2) is 6.10 Å². The number of amides is 2. The molecule has 1 aliphatic rings. The van der Waals surface area contributed by atoms with Gasteiger partial charge < -0.3 is 15.4 Å². The fraction of sp³-hybridized carbons (Fsp3) is 0.429. The summed E-state index contributed by atoms with van der Waals surface area (Å²) in [7, 11) is 0. The van der Waals surface area contributed by atoms with Crippen molar-refractivity contribution in [2.45, 2.75) is 26.4 Å². The third-order valence-electron chi connectivity index (χ3n) is 2.78. The third kappa shape index (κ3) is 3.47. The maximum Gasteiger partial charge on any atom is 0.267 e. The molecule has 1 atom stereocenters. The Labute approximate surface area is 112 Å². The van der Waals surface area contributed by atoms with E-state index in [1.165, 1.54) is 0 Å². The van der Waals surface area contributed by atoms with Gasteiger partial charge in [0.1, 0.15) is 5.75 Å². The minimum atomic E-state index is -0.675. The van der Waals surface area contributed by atoms with Crippen LogP contribution in [-0.2, 0) is 9.59 Å². The van der Waals surface area contributed by atoms with Gasteiger partial charge in [0, 0.05) is 6.42 Å². The Morgan fingerprint density at radius 2 is 2.16 bits per heavy atom. The fourth-order valence-corrected chi connectivity index (χ4v) is 1.88. The molecule has 102 valence electrons. The molecule has 5 heteroatoms. The Morgan fingerprint density at radius 3 is 2.89 bits per heavy atom. The lowest BCUT2D eigenvalue weighted by Crippen LogP contribution is -2.45. The van der Waals surface area contributed by atoms with Crippen LogP contribution >= 0.6 is 0 Å². The van der Waals surface area contributed by atoms with Crippen molar-refractivity contribution in [3.8, 4) is 5.75 Å². The first-order valence-electron chi connectivity index (χ1n) is 6.39. The van der Waals surface area contributed by atoms with Gasteiger partial charge in [-0.05, 0) is 18.1 Å².